The summed E-state index contributed by atoms with van der Waals surface area (Å²) in [7, 11) is -3.27. The van der Waals surface area contributed by atoms with Crippen molar-refractivity contribution >= 4 is 38.9 Å². The molecule has 0 amide bonds. The first-order valence-corrected chi connectivity index (χ1v) is 11.7. The molecule has 162 valence electrons. The van der Waals surface area contributed by atoms with Crippen LogP contribution in [0.2, 0.25) is 0 Å². The maximum absolute atomic E-state index is 12.2. The van der Waals surface area contributed by atoms with E-state index in [1.54, 1.807) is 0 Å². The Kier molecular flexibility index (Phi) is 9.59. The van der Waals surface area contributed by atoms with Crippen molar-refractivity contribution in [1.29, 1.82) is 0 Å². The molecule has 30 heavy (non-hydrogen) atoms. The van der Waals surface area contributed by atoms with Crippen LogP contribution in [0.25, 0.3) is 10.8 Å². The first-order chi connectivity index (χ1) is 14.1. The molecule has 0 spiro atoms. The van der Waals surface area contributed by atoms with E-state index in [2.05, 4.69) is 52.6 Å². The van der Waals surface area contributed by atoms with Gasteiger partial charge in [-0.3, -0.25) is 0 Å². The van der Waals surface area contributed by atoms with Gasteiger partial charge in [0.25, 0.3) is 0 Å². The predicted molar refractivity (Wildman–Crippen MR) is 129 cm³/mol. The molecule has 1 unspecified atom stereocenters. The van der Waals surface area contributed by atoms with Crippen molar-refractivity contribution < 1.29 is 8.42 Å². The van der Waals surface area contributed by atoms with Crippen LogP contribution >= 0.6 is 12.4 Å². The molecule has 0 radical (unpaired) electrons. The fourth-order valence-electron chi connectivity index (χ4n) is 3.30. The fourth-order valence-corrected chi connectivity index (χ4v) is 4.38. The third-order valence-corrected chi connectivity index (χ3v) is 6.36. The minimum Gasteiger partial charge on any atom is -0.383 e. The average Bonchev–Trinajstić information content (AvgIpc) is 2.75. The normalized spacial score (nSPS) is 12.3. The molecule has 3 aromatic rings. The molecule has 1 atom stereocenters. The van der Waals surface area contributed by atoms with E-state index in [1.807, 2.05) is 42.5 Å². The van der Waals surface area contributed by atoms with Crippen LogP contribution in [0.15, 0.2) is 72.8 Å². The number of halogens is 1. The molecule has 3 rings (SSSR count). The van der Waals surface area contributed by atoms with Gasteiger partial charge in [-0.2, -0.15) is 0 Å². The predicted octanol–water partition coefficient (Wildman–Crippen LogP) is 4.33. The molecule has 0 heterocycles. The van der Waals surface area contributed by atoms with Crippen LogP contribution in [0.5, 0.6) is 0 Å². The number of rotatable bonds is 11. The van der Waals surface area contributed by atoms with Crippen molar-refractivity contribution in [3.63, 3.8) is 0 Å². The summed E-state index contributed by atoms with van der Waals surface area (Å²) in [6.45, 7) is 3.64. The molecule has 0 saturated carbocycles. The van der Waals surface area contributed by atoms with Gasteiger partial charge >= 0.3 is 0 Å². The van der Waals surface area contributed by atoms with Gasteiger partial charge in [-0.05, 0) is 36.9 Å². The van der Waals surface area contributed by atoms with Crippen molar-refractivity contribution in [3.05, 3.63) is 78.4 Å². The number of nitrogens with one attached hydrogen (secondary N) is 3. The summed E-state index contributed by atoms with van der Waals surface area (Å²) in [6.07, 6.45) is 0.573. The SMILES string of the molecule is CC(NCCCS(=O)(=O)NCCNc1cccc2ccccc12)c1ccccc1.Cl. The van der Waals surface area contributed by atoms with Crippen LogP contribution in [0, 0.1) is 0 Å². The highest BCUT2D eigenvalue weighted by atomic mass is 35.5. The number of anilines is 1. The summed E-state index contributed by atoms with van der Waals surface area (Å²) in [5.74, 6) is 0.121. The molecule has 3 aromatic carbocycles. The third-order valence-electron chi connectivity index (χ3n) is 4.89. The number of sulfonamides is 1. The van der Waals surface area contributed by atoms with Crippen molar-refractivity contribution in [2.75, 3.05) is 30.7 Å². The van der Waals surface area contributed by atoms with Crippen molar-refractivity contribution in [3.8, 4) is 0 Å². The summed E-state index contributed by atoms with van der Waals surface area (Å²) in [4.78, 5) is 0. The Morgan fingerprint density at radius 1 is 0.833 bits per heavy atom. The van der Waals surface area contributed by atoms with E-state index in [-0.39, 0.29) is 24.2 Å². The standard InChI is InChI=1S/C23H29N3O2S.ClH/c1-19(20-9-3-2-4-10-20)24-15-8-18-29(27,28)26-17-16-25-23-14-7-12-21-11-5-6-13-22(21)23;/h2-7,9-14,19,24-26H,8,15-18H2,1H3;1H. The van der Waals surface area contributed by atoms with Gasteiger partial charge in [-0.15, -0.1) is 12.4 Å². The highest BCUT2D eigenvalue weighted by molar-refractivity contribution is 7.89. The maximum Gasteiger partial charge on any atom is 0.211 e. The van der Waals surface area contributed by atoms with Crippen LogP contribution < -0.4 is 15.4 Å². The first kappa shape index (κ1) is 24.2. The van der Waals surface area contributed by atoms with Gasteiger partial charge in [0.2, 0.25) is 10.0 Å². The van der Waals surface area contributed by atoms with Crippen molar-refractivity contribution in [1.82, 2.24) is 10.0 Å². The van der Waals surface area contributed by atoms with Crippen LogP contribution in [0.1, 0.15) is 24.9 Å². The second-order valence-electron chi connectivity index (χ2n) is 7.11. The van der Waals surface area contributed by atoms with Gasteiger partial charge in [0, 0.05) is 30.2 Å². The summed E-state index contributed by atoms with van der Waals surface area (Å²) in [5, 5.41) is 8.99. The molecular formula is C23H30ClN3O2S. The van der Waals surface area contributed by atoms with Crippen LogP contribution in [-0.2, 0) is 10.0 Å². The largest absolute Gasteiger partial charge is 0.383 e. The van der Waals surface area contributed by atoms with E-state index < -0.39 is 10.0 Å². The summed E-state index contributed by atoms with van der Waals surface area (Å²) < 4.78 is 27.1. The molecule has 0 aliphatic carbocycles. The molecule has 0 fully saturated rings. The Morgan fingerprint density at radius 3 is 2.33 bits per heavy atom. The summed E-state index contributed by atoms with van der Waals surface area (Å²) >= 11 is 0. The van der Waals surface area contributed by atoms with E-state index in [1.165, 1.54) is 5.56 Å². The van der Waals surface area contributed by atoms with Crippen LogP contribution in [-0.4, -0.2) is 33.8 Å². The minimum atomic E-state index is -3.27. The lowest BCUT2D eigenvalue weighted by Crippen LogP contribution is -2.32. The molecule has 5 nitrogen and oxygen atoms in total. The zero-order valence-electron chi connectivity index (χ0n) is 17.2. The van der Waals surface area contributed by atoms with E-state index >= 15 is 0 Å². The smallest absolute Gasteiger partial charge is 0.211 e. The summed E-state index contributed by atoms with van der Waals surface area (Å²) in [6, 6.07) is 24.6. The molecule has 3 N–H and O–H groups in total. The first-order valence-electron chi connectivity index (χ1n) is 10.0. The van der Waals surface area contributed by atoms with Gasteiger partial charge in [0.15, 0.2) is 0 Å². The Balaban J connectivity index is 0.00000320. The highest BCUT2D eigenvalue weighted by Crippen LogP contribution is 2.22. The fraction of sp³-hybridized carbons (Fsp3) is 0.304. The third kappa shape index (κ3) is 7.29. The topological polar surface area (TPSA) is 70.2 Å². The van der Waals surface area contributed by atoms with Gasteiger partial charge < -0.3 is 10.6 Å². The lowest BCUT2D eigenvalue weighted by molar-refractivity contribution is 0.555. The summed E-state index contributed by atoms with van der Waals surface area (Å²) in [5.41, 5.74) is 2.22. The molecule has 7 heteroatoms. The van der Waals surface area contributed by atoms with Crippen molar-refractivity contribution in [2.24, 2.45) is 0 Å². The Hall–Kier alpha value is -2.12. The van der Waals surface area contributed by atoms with E-state index in [0.29, 0.717) is 26.1 Å². The minimum absolute atomic E-state index is 0. The second-order valence-corrected chi connectivity index (χ2v) is 9.03. The van der Waals surface area contributed by atoms with Crippen LogP contribution in [0.3, 0.4) is 0 Å². The molecule has 0 aromatic heterocycles. The van der Waals surface area contributed by atoms with Gasteiger partial charge in [-0.1, -0.05) is 66.7 Å². The quantitative estimate of drug-likeness (QED) is 0.382. The molecule has 0 aliphatic heterocycles. The lowest BCUT2D eigenvalue weighted by atomic mass is 10.1. The second kappa shape index (κ2) is 11.9. The Labute approximate surface area is 185 Å². The van der Waals surface area contributed by atoms with E-state index in [0.717, 1.165) is 16.5 Å². The average molecular weight is 448 g/mol. The van der Waals surface area contributed by atoms with Gasteiger partial charge in [0.05, 0.1) is 5.75 Å². The van der Waals surface area contributed by atoms with Crippen molar-refractivity contribution in [2.45, 2.75) is 19.4 Å². The van der Waals surface area contributed by atoms with Gasteiger partial charge in [0.1, 0.15) is 0 Å². The number of hydrogen-bond acceptors (Lipinski definition) is 4. The highest BCUT2D eigenvalue weighted by Gasteiger charge is 2.10. The molecule has 0 saturated heterocycles. The molecular weight excluding hydrogens is 418 g/mol. The zero-order chi connectivity index (χ0) is 20.5. The number of benzene rings is 3. The molecule has 0 aliphatic rings. The van der Waals surface area contributed by atoms with E-state index in [9.17, 15) is 8.42 Å². The number of hydrogen-bond donors (Lipinski definition) is 3. The lowest BCUT2D eigenvalue weighted by Gasteiger charge is -2.14. The van der Waals surface area contributed by atoms with E-state index in [4.69, 9.17) is 0 Å². The van der Waals surface area contributed by atoms with Gasteiger partial charge in [-0.25, -0.2) is 13.1 Å². The molecule has 0 bridgehead atoms. The Morgan fingerprint density at radius 2 is 1.53 bits per heavy atom. The Bertz CT molecular complexity index is 1010. The maximum atomic E-state index is 12.2. The monoisotopic (exact) mass is 447 g/mol. The number of fused-ring (bicyclic) bond motifs is 1. The van der Waals surface area contributed by atoms with Crippen LogP contribution in [0.4, 0.5) is 5.69 Å². The zero-order valence-corrected chi connectivity index (χ0v) is 18.8.